The molecule has 3 rings (SSSR count). The van der Waals surface area contributed by atoms with Gasteiger partial charge in [0.2, 0.25) is 5.91 Å². The molecule has 28 heavy (non-hydrogen) atoms. The first kappa shape index (κ1) is 19.9. The summed E-state index contributed by atoms with van der Waals surface area (Å²) in [5.41, 5.74) is 2.50. The Labute approximate surface area is 168 Å². The molecule has 3 aromatic rings. The molecule has 0 aliphatic heterocycles. The summed E-state index contributed by atoms with van der Waals surface area (Å²) in [6.07, 6.45) is 3.97. The van der Waals surface area contributed by atoms with Crippen LogP contribution in [-0.2, 0) is 10.5 Å². The number of nitrogens with zero attached hydrogens (tertiary/aromatic N) is 2. The van der Waals surface area contributed by atoms with Crippen LogP contribution in [0.15, 0.2) is 59.8 Å². The van der Waals surface area contributed by atoms with E-state index in [1.54, 1.807) is 11.8 Å². The van der Waals surface area contributed by atoms with Gasteiger partial charge in [0.1, 0.15) is 5.65 Å². The SMILES string of the molecule is CC(C)C(=O)NCCNC(=O)c1ccccc1SCc1cn2ccccc2n1. The molecule has 0 saturated heterocycles. The molecule has 1 aromatic carbocycles. The molecule has 2 heterocycles. The van der Waals surface area contributed by atoms with Crippen molar-refractivity contribution >= 4 is 29.2 Å². The van der Waals surface area contributed by atoms with Crippen molar-refractivity contribution in [1.82, 2.24) is 20.0 Å². The fourth-order valence-corrected chi connectivity index (χ4v) is 3.58. The summed E-state index contributed by atoms with van der Waals surface area (Å²) in [7, 11) is 0. The largest absolute Gasteiger partial charge is 0.354 e. The second-order valence-corrected chi connectivity index (χ2v) is 7.70. The number of pyridine rings is 1. The molecular weight excluding hydrogens is 372 g/mol. The highest BCUT2D eigenvalue weighted by atomic mass is 32.2. The monoisotopic (exact) mass is 396 g/mol. The molecule has 0 bridgehead atoms. The highest BCUT2D eigenvalue weighted by Crippen LogP contribution is 2.26. The number of carbonyl (C=O) groups excluding carboxylic acids is 2. The summed E-state index contributed by atoms with van der Waals surface area (Å²) in [6.45, 7) is 4.48. The van der Waals surface area contributed by atoms with E-state index in [0.29, 0.717) is 24.4 Å². The molecule has 2 N–H and O–H groups in total. The number of aromatic nitrogens is 2. The third-order valence-corrected chi connectivity index (χ3v) is 5.26. The Morgan fingerprint density at radius 1 is 1.07 bits per heavy atom. The number of fused-ring (bicyclic) bond motifs is 1. The van der Waals surface area contributed by atoms with Crippen LogP contribution >= 0.6 is 11.8 Å². The van der Waals surface area contributed by atoms with E-state index in [1.807, 2.05) is 73.1 Å². The first-order valence-corrected chi connectivity index (χ1v) is 10.2. The Hall–Kier alpha value is -2.80. The van der Waals surface area contributed by atoms with Gasteiger partial charge in [0.15, 0.2) is 0 Å². The van der Waals surface area contributed by atoms with Gasteiger partial charge in [-0.05, 0) is 24.3 Å². The Bertz CT molecular complexity index is 935. The zero-order chi connectivity index (χ0) is 19.9. The molecule has 0 unspecified atom stereocenters. The second-order valence-electron chi connectivity index (χ2n) is 6.68. The average molecular weight is 397 g/mol. The van der Waals surface area contributed by atoms with Gasteiger partial charge in [0, 0.05) is 42.0 Å². The molecule has 6 nitrogen and oxygen atoms in total. The standard InChI is InChI=1S/C21H24N4O2S/c1-15(2)20(26)22-10-11-23-21(27)17-7-3-4-8-18(17)28-14-16-13-25-12-6-5-9-19(25)24-16/h3-9,12-13,15H,10-11,14H2,1-2H3,(H,22,26)(H,23,27). The molecule has 7 heteroatoms. The minimum Gasteiger partial charge on any atom is -0.354 e. The molecule has 0 radical (unpaired) electrons. The second kappa shape index (κ2) is 9.41. The van der Waals surface area contributed by atoms with E-state index >= 15 is 0 Å². The van der Waals surface area contributed by atoms with Gasteiger partial charge < -0.3 is 15.0 Å². The Balaban J connectivity index is 1.57. The van der Waals surface area contributed by atoms with Crippen molar-refractivity contribution < 1.29 is 9.59 Å². The third kappa shape index (κ3) is 5.13. The predicted molar refractivity (Wildman–Crippen MR) is 111 cm³/mol. The predicted octanol–water partition coefficient (Wildman–Crippen LogP) is 3.13. The van der Waals surface area contributed by atoms with Crippen molar-refractivity contribution in [3.8, 4) is 0 Å². The number of hydrogen-bond acceptors (Lipinski definition) is 4. The zero-order valence-electron chi connectivity index (χ0n) is 16.0. The fourth-order valence-electron chi connectivity index (χ4n) is 2.65. The molecule has 0 spiro atoms. The van der Waals surface area contributed by atoms with Crippen LogP contribution in [-0.4, -0.2) is 34.3 Å². The van der Waals surface area contributed by atoms with Crippen LogP contribution in [0.2, 0.25) is 0 Å². The van der Waals surface area contributed by atoms with Gasteiger partial charge in [-0.3, -0.25) is 9.59 Å². The first-order valence-electron chi connectivity index (χ1n) is 9.25. The van der Waals surface area contributed by atoms with E-state index in [9.17, 15) is 9.59 Å². The van der Waals surface area contributed by atoms with Crippen molar-refractivity contribution in [2.24, 2.45) is 5.92 Å². The molecule has 0 saturated carbocycles. The van der Waals surface area contributed by atoms with Crippen molar-refractivity contribution in [3.63, 3.8) is 0 Å². The van der Waals surface area contributed by atoms with E-state index < -0.39 is 0 Å². The average Bonchev–Trinajstić information content (AvgIpc) is 3.12. The summed E-state index contributed by atoms with van der Waals surface area (Å²) >= 11 is 1.59. The number of benzene rings is 1. The minimum atomic E-state index is -0.142. The van der Waals surface area contributed by atoms with Gasteiger partial charge >= 0.3 is 0 Å². The van der Waals surface area contributed by atoms with Crippen LogP contribution in [0.25, 0.3) is 5.65 Å². The van der Waals surface area contributed by atoms with Crippen LogP contribution in [0.1, 0.15) is 29.9 Å². The van der Waals surface area contributed by atoms with Gasteiger partial charge in [-0.2, -0.15) is 0 Å². The van der Waals surface area contributed by atoms with Crippen LogP contribution in [0.4, 0.5) is 0 Å². The van der Waals surface area contributed by atoms with Crippen molar-refractivity contribution in [2.75, 3.05) is 13.1 Å². The topological polar surface area (TPSA) is 75.5 Å². The highest BCUT2D eigenvalue weighted by Gasteiger charge is 2.12. The maximum absolute atomic E-state index is 12.5. The number of hydrogen-bond donors (Lipinski definition) is 2. The van der Waals surface area contributed by atoms with Gasteiger partial charge in [-0.1, -0.05) is 32.0 Å². The lowest BCUT2D eigenvalue weighted by Crippen LogP contribution is -2.36. The van der Waals surface area contributed by atoms with E-state index in [1.165, 1.54) is 0 Å². The van der Waals surface area contributed by atoms with E-state index in [-0.39, 0.29) is 17.7 Å². The number of rotatable bonds is 8. The summed E-state index contributed by atoms with van der Waals surface area (Å²) in [6, 6.07) is 13.4. The fraction of sp³-hybridized carbons (Fsp3) is 0.286. The number of imidazole rings is 1. The van der Waals surface area contributed by atoms with E-state index in [4.69, 9.17) is 0 Å². The molecule has 0 aliphatic carbocycles. The quantitative estimate of drug-likeness (QED) is 0.453. The Morgan fingerprint density at radius 2 is 1.82 bits per heavy atom. The normalized spacial score (nSPS) is 11.0. The van der Waals surface area contributed by atoms with Crippen LogP contribution in [0.3, 0.4) is 0 Å². The summed E-state index contributed by atoms with van der Waals surface area (Å²) in [4.78, 5) is 29.6. The Kier molecular flexibility index (Phi) is 6.71. The maximum atomic E-state index is 12.5. The van der Waals surface area contributed by atoms with Gasteiger partial charge in [-0.25, -0.2) is 4.98 Å². The lowest BCUT2D eigenvalue weighted by molar-refractivity contribution is -0.123. The molecule has 0 fully saturated rings. The Morgan fingerprint density at radius 3 is 2.61 bits per heavy atom. The van der Waals surface area contributed by atoms with Gasteiger partial charge in [-0.15, -0.1) is 11.8 Å². The molecule has 146 valence electrons. The maximum Gasteiger partial charge on any atom is 0.252 e. The van der Waals surface area contributed by atoms with Crippen molar-refractivity contribution in [2.45, 2.75) is 24.5 Å². The number of amides is 2. The summed E-state index contributed by atoms with van der Waals surface area (Å²) in [5.74, 6) is 0.457. The van der Waals surface area contributed by atoms with Gasteiger partial charge in [0.25, 0.3) is 5.91 Å². The number of carbonyl (C=O) groups is 2. The lowest BCUT2D eigenvalue weighted by atomic mass is 10.2. The lowest BCUT2D eigenvalue weighted by Gasteiger charge is -2.11. The molecule has 2 amide bonds. The summed E-state index contributed by atoms with van der Waals surface area (Å²) < 4.78 is 1.99. The molecule has 0 aliphatic rings. The minimum absolute atomic E-state index is 0.0161. The third-order valence-electron chi connectivity index (χ3n) is 4.16. The first-order chi connectivity index (χ1) is 13.5. The molecule has 0 atom stereocenters. The van der Waals surface area contributed by atoms with Crippen molar-refractivity contribution in [3.05, 3.63) is 66.1 Å². The van der Waals surface area contributed by atoms with Crippen LogP contribution in [0.5, 0.6) is 0 Å². The number of nitrogens with one attached hydrogen (secondary N) is 2. The van der Waals surface area contributed by atoms with E-state index in [2.05, 4.69) is 15.6 Å². The number of thioether (sulfide) groups is 1. The van der Waals surface area contributed by atoms with Crippen LogP contribution < -0.4 is 10.6 Å². The van der Waals surface area contributed by atoms with Gasteiger partial charge in [0.05, 0.1) is 11.3 Å². The zero-order valence-corrected chi connectivity index (χ0v) is 16.8. The molecular formula is C21H24N4O2S. The smallest absolute Gasteiger partial charge is 0.252 e. The van der Waals surface area contributed by atoms with E-state index in [0.717, 1.165) is 16.2 Å². The van der Waals surface area contributed by atoms with Crippen molar-refractivity contribution in [1.29, 1.82) is 0 Å². The molecule has 2 aromatic heterocycles. The highest BCUT2D eigenvalue weighted by molar-refractivity contribution is 7.98. The van der Waals surface area contributed by atoms with Crippen LogP contribution in [0, 0.1) is 5.92 Å². The summed E-state index contributed by atoms with van der Waals surface area (Å²) in [5, 5.41) is 5.66.